The molecule has 0 amide bonds. The van der Waals surface area contributed by atoms with E-state index in [2.05, 4.69) is 11.8 Å². The first-order valence-electron chi connectivity index (χ1n) is 5.59. The van der Waals surface area contributed by atoms with E-state index in [0.29, 0.717) is 19.1 Å². The quantitative estimate of drug-likeness (QED) is 0.694. The van der Waals surface area contributed by atoms with Gasteiger partial charge in [0.2, 0.25) is 0 Å². The standard InChI is InChI=1S/C11H24N2O2/c1-11(8-12,9-15-3)13-5-4-10(6-13)7-14-2/h10H,4-9,12H2,1-3H3. The number of ether oxygens (including phenoxy) is 2. The Bertz CT molecular complexity index is 189. The molecule has 0 aliphatic carbocycles. The summed E-state index contributed by atoms with van der Waals surface area (Å²) in [6, 6.07) is 0. The summed E-state index contributed by atoms with van der Waals surface area (Å²) < 4.78 is 10.4. The topological polar surface area (TPSA) is 47.7 Å². The van der Waals surface area contributed by atoms with Crippen molar-refractivity contribution in [2.45, 2.75) is 18.9 Å². The maximum absolute atomic E-state index is 5.84. The lowest BCUT2D eigenvalue weighted by Crippen LogP contribution is -2.53. The smallest absolute Gasteiger partial charge is 0.0656 e. The summed E-state index contributed by atoms with van der Waals surface area (Å²) in [5.74, 6) is 0.651. The van der Waals surface area contributed by atoms with Gasteiger partial charge in [0.15, 0.2) is 0 Å². The Hall–Kier alpha value is -0.160. The Labute approximate surface area is 92.7 Å². The lowest BCUT2D eigenvalue weighted by atomic mass is 10.0. The highest BCUT2D eigenvalue weighted by molar-refractivity contribution is 4.92. The fraction of sp³-hybridized carbons (Fsp3) is 1.00. The molecule has 0 saturated carbocycles. The Morgan fingerprint density at radius 2 is 2.13 bits per heavy atom. The highest BCUT2D eigenvalue weighted by Gasteiger charge is 2.35. The van der Waals surface area contributed by atoms with Crippen LogP contribution >= 0.6 is 0 Å². The van der Waals surface area contributed by atoms with Gasteiger partial charge < -0.3 is 15.2 Å². The van der Waals surface area contributed by atoms with E-state index in [-0.39, 0.29) is 5.54 Å². The van der Waals surface area contributed by atoms with E-state index in [9.17, 15) is 0 Å². The highest BCUT2D eigenvalue weighted by Crippen LogP contribution is 2.24. The van der Waals surface area contributed by atoms with Crippen LogP contribution in [0.2, 0.25) is 0 Å². The SMILES string of the molecule is COCC1CCN(C(C)(CN)COC)C1. The van der Waals surface area contributed by atoms with Crippen LogP contribution in [0.1, 0.15) is 13.3 Å². The van der Waals surface area contributed by atoms with E-state index in [0.717, 1.165) is 19.7 Å². The van der Waals surface area contributed by atoms with Gasteiger partial charge in [-0.25, -0.2) is 0 Å². The molecule has 1 aliphatic rings. The van der Waals surface area contributed by atoms with Gasteiger partial charge >= 0.3 is 0 Å². The van der Waals surface area contributed by atoms with Crippen molar-refractivity contribution in [1.29, 1.82) is 0 Å². The lowest BCUT2D eigenvalue weighted by molar-refractivity contribution is 0.0367. The van der Waals surface area contributed by atoms with Gasteiger partial charge in [-0.3, -0.25) is 4.90 Å². The molecule has 4 heteroatoms. The molecule has 0 aromatic carbocycles. The molecule has 1 saturated heterocycles. The van der Waals surface area contributed by atoms with E-state index < -0.39 is 0 Å². The number of methoxy groups -OCH3 is 2. The largest absolute Gasteiger partial charge is 0.384 e. The molecule has 1 heterocycles. The fourth-order valence-corrected chi connectivity index (χ4v) is 2.28. The van der Waals surface area contributed by atoms with Crippen LogP contribution in [0.15, 0.2) is 0 Å². The highest BCUT2D eigenvalue weighted by atomic mass is 16.5. The monoisotopic (exact) mass is 216 g/mol. The second-order valence-corrected chi connectivity index (χ2v) is 4.69. The molecule has 2 N–H and O–H groups in total. The van der Waals surface area contributed by atoms with E-state index in [1.165, 1.54) is 6.42 Å². The molecular weight excluding hydrogens is 192 g/mol. The first-order chi connectivity index (χ1) is 7.16. The van der Waals surface area contributed by atoms with Crippen molar-refractivity contribution in [2.24, 2.45) is 11.7 Å². The number of rotatable bonds is 6. The number of nitrogens with two attached hydrogens (primary N) is 1. The molecule has 15 heavy (non-hydrogen) atoms. The summed E-state index contributed by atoms with van der Waals surface area (Å²) >= 11 is 0. The van der Waals surface area contributed by atoms with Gasteiger partial charge in [0.25, 0.3) is 0 Å². The average Bonchev–Trinajstić information content (AvgIpc) is 2.68. The van der Waals surface area contributed by atoms with Crippen molar-refractivity contribution in [3.63, 3.8) is 0 Å². The van der Waals surface area contributed by atoms with E-state index >= 15 is 0 Å². The zero-order valence-electron chi connectivity index (χ0n) is 10.2. The fourth-order valence-electron chi connectivity index (χ4n) is 2.28. The van der Waals surface area contributed by atoms with Crippen LogP contribution in [-0.4, -0.2) is 57.5 Å². The van der Waals surface area contributed by atoms with Crippen LogP contribution in [0.25, 0.3) is 0 Å². The number of hydrogen-bond acceptors (Lipinski definition) is 4. The maximum atomic E-state index is 5.84. The molecule has 2 atom stereocenters. The van der Waals surface area contributed by atoms with Crippen molar-refractivity contribution in [1.82, 2.24) is 4.90 Å². The van der Waals surface area contributed by atoms with Gasteiger partial charge in [-0.15, -0.1) is 0 Å². The van der Waals surface area contributed by atoms with Crippen LogP contribution in [0, 0.1) is 5.92 Å². The Kier molecular flexibility index (Phi) is 4.99. The second kappa shape index (κ2) is 5.80. The van der Waals surface area contributed by atoms with E-state index in [1.54, 1.807) is 14.2 Å². The van der Waals surface area contributed by atoms with Crippen LogP contribution in [0.3, 0.4) is 0 Å². The minimum absolute atomic E-state index is 0.0166. The molecule has 0 aromatic rings. The Morgan fingerprint density at radius 3 is 2.67 bits per heavy atom. The second-order valence-electron chi connectivity index (χ2n) is 4.69. The van der Waals surface area contributed by atoms with Crippen LogP contribution in [0.5, 0.6) is 0 Å². The molecule has 90 valence electrons. The Balaban J connectivity index is 2.49. The lowest BCUT2D eigenvalue weighted by Gasteiger charge is -2.37. The summed E-state index contributed by atoms with van der Waals surface area (Å²) in [7, 11) is 3.50. The molecule has 2 unspecified atom stereocenters. The van der Waals surface area contributed by atoms with E-state index in [1.807, 2.05) is 0 Å². The van der Waals surface area contributed by atoms with Gasteiger partial charge in [0.1, 0.15) is 0 Å². The van der Waals surface area contributed by atoms with Crippen molar-refractivity contribution in [2.75, 3.05) is 47.1 Å². The molecule has 0 radical (unpaired) electrons. The third-order valence-corrected chi connectivity index (χ3v) is 3.35. The number of hydrogen-bond donors (Lipinski definition) is 1. The summed E-state index contributed by atoms with van der Waals surface area (Å²) in [5.41, 5.74) is 5.82. The van der Waals surface area contributed by atoms with Crippen molar-refractivity contribution >= 4 is 0 Å². The third kappa shape index (κ3) is 3.14. The molecule has 1 aliphatic heterocycles. The molecular formula is C11H24N2O2. The minimum Gasteiger partial charge on any atom is -0.384 e. The third-order valence-electron chi connectivity index (χ3n) is 3.35. The zero-order chi connectivity index (χ0) is 11.3. The normalized spacial score (nSPS) is 26.8. The zero-order valence-corrected chi connectivity index (χ0v) is 10.2. The summed E-state index contributed by atoms with van der Waals surface area (Å²) in [6.45, 7) is 6.54. The van der Waals surface area contributed by atoms with Gasteiger partial charge in [0.05, 0.1) is 18.8 Å². The van der Waals surface area contributed by atoms with Gasteiger partial charge in [-0.05, 0) is 25.8 Å². The Morgan fingerprint density at radius 1 is 1.40 bits per heavy atom. The average molecular weight is 216 g/mol. The first kappa shape index (κ1) is 12.9. The molecule has 0 spiro atoms. The minimum atomic E-state index is -0.0166. The predicted molar refractivity (Wildman–Crippen MR) is 60.9 cm³/mol. The molecule has 0 bridgehead atoms. The van der Waals surface area contributed by atoms with E-state index in [4.69, 9.17) is 15.2 Å². The van der Waals surface area contributed by atoms with Gasteiger partial charge in [0, 0.05) is 27.3 Å². The molecule has 1 rings (SSSR count). The molecule has 4 nitrogen and oxygen atoms in total. The molecule has 0 aromatic heterocycles. The van der Waals surface area contributed by atoms with Crippen molar-refractivity contribution in [3.8, 4) is 0 Å². The number of likely N-dealkylation sites (tertiary alicyclic amines) is 1. The van der Waals surface area contributed by atoms with Gasteiger partial charge in [-0.1, -0.05) is 0 Å². The van der Waals surface area contributed by atoms with Crippen LogP contribution in [0.4, 0.5) is 0 Å². The van der Waals surface area contributed by atoms with Crippen LogP contribution in [-0.2, 0) is 9.47 Å². The summed E-state index contributed by atoms with van der Waals surface area (Å²) in [6.07, 6.45) is 1.20. The van der Waals surface area contributed by atoms with Gasteiger partial charge in [-0.2, -0.15) is 0 Å². The van der Waals surface area contributed by atoms with Crippen molar-refractivity contribution in [3.05, 3.63) is 0 Å². The molecule has 1 fully saturated rings. The van der Waals surface area contributed by atoms with Crippen LogP contribution < -0.4 is 5.73 Å². The first-order valence-corrected chi connectivity index (χ1v) is 5.59. The predicted octanol–water partition coefficient (Wildman–Crippen LogP) is 0.319. The number of nitrogens with zero attached hydrogens (tertiary/aromatic N) is 1. The maximum Gasteiger partial charge on any atom is 0.0656 e. The summed E-state index contributed by atoms with van der Waals surface area (Å²) in [5, 5.41) is 0. The van der Waals surface area contributed by atoms with Crippen molar-refractivity contribution < 1.29 is 9.47 Å². The summed E-state index contributed by atoms with van der Waals surface area (Å²) in [4.78, 5) is 2.43.